The Hall–Kier alpha value is -3.31. The van der Waals surface area contributed by atoms with E-state index in [9.17, 15) is 0 Å². The van der Waals surface area contributed by atoms with Crippen molar-refractivity contribution >= 4 is 28.4 Å². The second-order valence-corrected chi connectivity index (χ2v) is 6.44. The number of nitrogens with zero attached hydrogens (tertiary/aromatic N) is 2. The third kappa shape index (κ3) is 3.57. The third-order valence-electron chi connectivity index (χ3n) is 4.26. The van der Waals surface area contributed by atoms with Gasteiger partial charge in [0, 0.05) is 28.2 Å². The first-order valence-corrected chi connectivity index (χ1v) is 8.97. The quantitative estimate of drug-likeness (QED) is 0.466. The number of rotatable bonds is 4. The van der Waals surface area contributed by atoms with Crippen molar-refractivity contribution in [3.63, 3.8) is 0 Å². The van der Waals surface area contributed by atoms with Crippen LogP contribution in [-0.4, -0.2) is 19.2 Å². The number of hydrogen-bond donors (Lipinski definition) is 0. The molecule has 0 atom stereocenters. The second kappa shape index (κ2) is 7.74. The van der Waals surface area contributed by atoms with Gasteiger partial charge < -0.3 is 13.9 Å². The zero-order chi connectivity index (χ0) is 19.5. The monoisotopic (exact) mass is 392 g/mol. The van der Waals surface area contributed by atoms with Crippen molar-refractivity contribution in [2.45, 2.75) is 0 Å². The normalized spacial score (nSPS) is 11.6. The highest BCUT2D eigenvalue weighted by atomic mass is 35.5. The molecule has 4 rings (SSSR count). The second-order valence-electron chi connectivity index (χ2n) is 6.01. The maximum Gasteiger partial charge on any atom is 0.161 e. The molecule has 0 radical (unpaired) electrons. The van der Waals surface area contributed by atoms with E-state index in [-0.39, 0.29) is 0 Å². The van der Waals surface area contributed by atoms with E-state index in [1.54, 1.807) is 26.5 Å². The van der Waals surface area contributed by atoms with Gasteiger partial charge in [0.15, 0.2) is 17.3 Å². The van der Waals surface area contributed by atoms with Crippen LogP contribution < -0.4 is 14.8 Å². The highest BCUT2D eigenvalue weighted by Crippen LogP contribution is 2.33. The van der Waals surface area contributed by atoms with E-state index >= 15 is 0 Å². The number of halogens is 1. The molecule has 2 heterocycles. The predicted octanol–water partition coefficient (Wildman–Crippen LogP) is 5.40. The van der Waals surface area contributed by atoms with Gasteiger partial charge >= 0.3 is 0 Å². The van der Waals surface area contributed by atoms with Crippen LogP contribution in [0, 0.1) is 0 Å². The summed E-state index contributed by atoms with van der Waals surface area (Å²) in [5.41, 5.74) is 1.51. The number of hydrogen-bond acceptors (Lipinski definition) is 5. The van der Waals surface area contributed by atoms with Crippen LogP contribution in [0.4, 0.5) is 5.82 Å². The van der Waals surface area contributed by atoms with Gasteiger partial charge in [-0.05, 0) is 48.5 Å². The van der Waals surface area contributed by atoms with Gasteiger partial charge in [-0.1, -0.05) is 17.7 Å². The van der Waals surface area contributed by atoms with E-state index in [2.05, 4.69) is 9.98 Å². The molecule has 0 unspecified atom stereocenters. The van der Waals surface area contributed by atoms with Gasteiger partial charge in [-0.2, -0.15) is 0 Å². The van der Waals surface area contributed by atoms with Gasteiger partial charge in [0.25, 0.3) is 0 Å². The Kier molecular flexibility index (Phi) is 5.00. The lowest BCUT2D eigenvalue weighted by molar-refractivity contribution is 0.355. The van der Waals surface area contributed by atoms with E-state index in [4.69, 9.17) is 25.5 Å². The molecule has 0 fully saturated rings. The van der Waals surface area contributed by atoms with Crippen LogP contribution >= 0.6 is 11.6 Å². The van der Waals surface area contributed by atoms with Crippen LogP contribution in [0.1, 0.15) is 0 Å². The first-order chi connectivity index (χ1) is 13.7. The third-order valence-corrected chi connectivity index (χ3v) is 4.49. The Morgan fingerprint density at radius 1 is 0.929 bits per heavy atom. The van der Waals surface area contributed by atoms with Crippen LogP contribution in [0.3, 0.4) is 0 Å². The average molecular weight is 393 g/mol. The number of methoxy groups -OCH3 is 2. The molecule has 4 aromatic rings. The molecule has 0 aliphatic heterocycles. The molecule has 0 saturated carbocycles. The zero-order valence-electron chi connectivity index (χ0n) is 15.3. The standard InChI is InChI=1S/C22H17ClN2O3/c1-26-19-8-6-14(11-21(19)27-2)20-13-17(25-22-5-3-4-10-24-22)16-12-15(23)7-9-18(16)28-20/h3-13H,1-2H3. The Balaban J connectivity index is 1.96. The topological polar surface area (TPSA) is 56.9 Å². The van der Waals surface area contributed by atoms with E-state index in [1.165, 1.54) is 0 Å². The molecule has 2 aromatic carbocycles. The SMILES string of the molecule is COc1ccc(-c2cc(=Nc3ccccn3)c3cc(Cl)ccc3o2)cc1OC. The summed E-state index contributed by atoms with van der Waals surface area (Å²) in [6, 6.07) is 18.5. The summed E-state index contributed by atoms with van der Waals surface area (Å²) in [5.74, 6) is 2.52. The smallest absolute Gasteiger partial charge is 0.161 e. The first kappa shape index (κ1) is 18.1. The highest BCUT2D eigenvalue weighted by Gasteiger charge is 2.11. The number of aromatic nitrogens is 1. The molecule has 0 saturated heterocycles. The number of pyridine rings is 1. The maximum atomic E-state index is 6.19. The number of benzene rings is 2. The fourth-order valence-electron chi connectivity index (χ4n) is 2.91. The van der Waals surface area contributed by atoms with Crippen molar-refractivity contribution < 1.29 is 13.9 Å². The fourth-order valence-corrected chi connectivity index (χ4v) is 3.08. The van der Waals surface area contributed by atoms with Gasteiger partial charge in [0.05, 0.1) is 19.6 Å². The van der Waals surface area contributed by atoms with Gasteiger partial charge in [0.2, 0.25) is 0 Å². The maximum absolute atomic E-state index is 6.19. The summed E-state index contributed by atoms with van der Waals surface area (Å²) in [5, 5.41) is 2.13. The van der Waals surface area contributed by atoms with Crippen molar-refractivity contribution in [1.82, 2.24) is 4.98 Å². The van der Waals surface area contributed by atoms with Crippen LogP contribution in [0.15, 0.2) is 76.3 Å². The number of fused-ring (bicyclic) bond motifs is 1. The zero-order valence-corrected chi connectivity index (χ0v) is 16.1. The lowest BCUT2D eigenvalue weighted by Crippen LogP contribution is -2.03. The molecule has 0 aliphatic carbocycles. The molecular weight excluding hydrogens is 376 g/mol. The molecule has 0 spiro atoms. The van der Waals surface area contributed by atoms with Crippen molar-refractivity contribution in [2.24, 2.45) is 4.99 Å². The molecule has 0 N–H and O–H groups in total. The van der Waals surface area contributed by atoms with Gasteiger partial charge in [-0.25, -0.2) is 9.98 Å². The van der Waals surface area contributed by atoms with Gasteiger partial charge in [-0.15, -0.1) is 0 Å². The first-order valence-electron chi connectivity index (χ1n) is 8.59. The Morgan fingerprint density at radius 3 is 2.54 bits per heavy atom. The van der Waals surface area contributed by atoms with Crippen molar-refractivity contribution in [3.8, 4) is 22.8 Å². The molecule has 5 nitrogen and oxygen atoms in total. The summed E-state index contributed by atoms with van der Waals surface area (Å²) in [7, 11) is 3.20. The van der Waals surface area contributed by atoms with Crippen LogP contribution in [0.5, 0.6) is 11.5 Å². The van der Waals surface area contributed by atoms with Crippen molar-refractivity contribution in [2.75, 3.05) is 14.2 Å². The van der Waals surface area contributed by atoms with E-state index in [0.717, 1.165) is 10.9 Å². The average Bonchev–Trinajstić information content (AvgIpc) is 2.74. The summed E-state index contributed by atoms with van der Waals surface area (Å²) in [6.07, 6.45) is 1.70. The van der Waals surface area contributed by atoms with Gasteiger partial charge in [-0.3, -0.25) is 0 Å². The Bertz CT molecular complexity index is 1200. The minimum absolute atomic E-state index is 0.605. The van der Waals surface area contributed by atoms with Gasteiger partial charge in [0.1, 0.15) is 11.3 Å². The van der Waals surface area contributed by atoms with Crippen molar-refractivity contribution in [1.29, 1.82) is 0 Å². The molecule has 28 heavy (non-hydrogen) atoms. The molecule has 140 valence electrons. The molecule has 2 aromatic heterocycles. The van der Waals surface area contributed by atoms with Crippen LogP contribution in [-0.2, 0) is 0 Å². The lowest BCUT2D eigenvalue weighted by Gasteiger charge is -2.10. The van der Waals surface area contributed by atoms with Crippen LogP contribution in [0.2, 0.25) is 5.02 Å². The molecule has 0 amide bonds. The molecular formula is C22H17ClN2O3. The lowest BCUT2D eigenvalue weighted by atomic mass is 10.1. The summed E-state index contributed by atoms with van der Waals surface area (Å²) in [6.45, 7) is 0. The summed E-state index contributed by atoms with van der Waals surface area (Å²) < 4.78 is 16.8. The summed E-state index contributed by atoms with van der Waals surface area (Å²) >= 11 is 6.19. The largest absolute Gasteiger partial charge is 0.493 e. The van der Waals surface area contributed by atoms with Crippen molar-refractivity contribution in [3.05, 3.63) is 77.2 Å². The number of ether oxygens (including phenoxy) is 2. The molecule has 6 heteroatoms. The van der Waals surface area contributed by atoms with E-state index in [0.29, 0.717) is 39.0 Å². The molecule has 0 bridgehead atoms. The summed E-state index contributed by atoms with van der Waals surface area (Å²) in [4.78, 5) is 8.98. The fraction of sp³-hybridized carbons (Fsp3) is 0.0909. The van der Waals surface area contributed by atoms with Crippen LogP contribution in [0.25, 0.3) is 22.3 Å². The Morgan fingerprint density at radius 2 is 1.79 bits per heavy atom. The van der Waals surface area contributed by atoms with E-state index in [1.807, 2.05) is 54.6 Å². The Labute approximate surface area is 166 Å². The minimum atomic E-state index is 0.605. The van der Waals surface area contributed by atoms with E-state index < -0.39 is 0 Å². The minimum Gasteiger partial charge on any atom is -0.493 e. The predicted molar refractivity (Wildman–Crippen MR) is 109 cm³/mol. The molecule has 0 aliphatic rings. The highest BCUT2D eigenvalue weighted by molar-refractivity contribution is 6.31.